The van der Waals surface area contributed by atoms with Crippen LogP contribution in [0.1, 0.15) is 84.0 Å². The fraction of sp³-hybridized carbons (Fsp3) is 0.882. The highest BCUT2D eigenvalue weighted by atomic mass is 16.4. The van der Waals surface area contributed by atoms with Gasteiger partial charge in [0.15, 0.2) is 0 Å². The number of aliphatic carboxylic acids is 1. The van der Waals surface area contributed by atoms with Crippen LogP contribution in [0.3, 0.4) is 0 Å². The van der Waals surface area contributed by atoms with E-state index in [1.54, 1.807) is 0 Å². The minimum atomic E-state index is -1.18. The van der Waals surface area contributed by atoms with Crippen LogP contribution in [0.5, 0.6) is 0 Å². The number of hydrogen-bond donors (Lipinski definition) is 4. The number of carboxylic acid groups (broad SMARTS) is 1. The van der Waals surface area contributed by atoms with Gasteiger partial charge in [-0.15, -0.1) is 0 Å². The third-order valence-electron chi connectivity index (χ3n) is 3.54. The zero-order chi connectivity index (χ0) is 17.9. The van der Waals surface area contributed by atoms with Gasteiger partial charge in [0.1, 0.15) is 6.04 Å². The summed E-state index contributed by atoms with van der Waals surface area (Å²) in [4.78, 5) is 20.1. The molecule has 138 valence electrons. The fourth-order valence-corrected chi connectivity index (χ4v) is 2.04. The summed E-state index contributed by atoms with van der Waals surface area (Å²) in [5, 5.41) is 15.9. The standard InChI is InChI=1S/C14H29NO.C3H7NO3/c1-2-3-4-5-6-7-8-9-10-11-12-13-14(15)16;4-2(1-5)3(6)7/h2-13H2,1H3,(H2,15,16);2,5H,1,4H2,(H,6,7)/t;2-/m.0/s1. The van der Waals surface area contributed by atoms with Crippen molar-refractivity contribution in [3.05, 3.63) is 0 Å². The molecule has 0 aromatic heterocycles. The molecule has 0 aromatic carbocycles. The van der Waals surface area contributed by atoms with Crippen molar-refractivity contribution in [2.75, 3.05) is 6.61 Å². The fourth-order valence-electron chi connectivity index (χ4n) is 2.04. The predicted octanol–water partition coefficient (Wildman–Crippen LogP) is 2.56. The first kappa shape index (κ1) is 24.1. The van der Waals surface area contributed by atoms with Crippen LogP contribution in [0.25, 0.3) is 0 Å². The highest BCUT2D eigenvalue weighted by Gasteiger charge is 2.07. The molecular weight excluding hydrogens is 296 g/mol. The van der Waals surface area contributed by atoms with Crippen LogP contribution in [0.2, 0.25) is 0 Å². The van der Waals surface area contributed by atoms with Crippen LogP contribution < -0.4 is 11.5 Å². The molecule has 0 spiro atoms. The summed E-state index contributed by atoms with van der Waals surface area (Å²) in [5.74, 6) is -1.33. The lowest BCUT2D eigenvalue weighted by molar-refractivity contribution is -0.139. The Morgan fingerprint density at radius 3 is 1.52 bits per heavy atom. The number of nitrogens with two attached hydrogens (primary N) is 2. The van der Waals surface area contributed by atoms with Gasteiger partial charge >= 0.3 is 5.97 Å². The van der Waals surface area contributed by atoms with E-state index < -0.39 is 18.6 Å². The Labute approximate surface area is 140 Å². The van der Waals surface area contributed by atoms with Crippen molar-refractivity contribution in [3.63, 3.8) is 0 Å². The molecule has 1 amide bonds. The van der Waals surface area contributed by atoms with Gasteiger partial charge in [-0.05, 0) is 6.42 Å². The van der Waals surface area contributed by atoms with Gasteiger partial charge in [-0.2, -0.15) is 0 Å². The number of hydrogen-bond acceptors (Lipinski definition) is 4. The number of unbranched alkanes of at least 4 members (excludes halogenated alkanes) is 10. The number of aliphatic hydroxyl groups excluding tert-OH is 1. The van der Waals surface area contributed by atoms with Crippen LogP contribution in [0, 0.1) is 0 Å². The van der Waals surface area contributed by atoms with Crippen molar-refractivity contribution in [1.82, 2.24) is 0 Å². The van der Waals surface area contributed by atoms with Crippen molar-refractivity contribution in [1.29, 1.82) is 0 Å². The first-order valence-corrected chi connectivity index (χ1v) is 8.83. The van der Waals surface area contributed by atoms with E-state index in [9.17, 15) is 9.59 Å². The Bertz CT molecular complexity index is 286. The van der Waals surface area contributed by atoms with Gasteiger partial charge in [0.2, 0.25) is 5.91 Å². The number of carbonyl (C=O) groups is 2. The minimum Gasteiger partial charge on any atom is -0.480 e. The lowest BCUT2D eigenvalue weighted by Crippen LogP contribution is -2.33. The van der Waals surface area contributed by atoms with E-state index in [1.807, 2.05) is 0 Å². The van der Waals surface area contributed by atoms with Crippen LogP contribution >= 0.6 is 0 Å². The van der Waals surface area contributed by atoms with Gasteiger partial charge < -0.3 is 21.7 Å². The van der Waals surface area contributed by atoms with Crippen molar-refractivity contribution in [2.24, 2.45) is 11.5 Å². The summed E-state index contributed by atoms with van der Waals surface area (Å²) in [6, 6.07) is -1.13. The molecule has 0 radical (unpaired) electrons. The smallest absolute Gasteiger partial charge is 0.322 e. The van der Waals surface area contributed by atoms with Crippen LogP contribution in [-0.2, 0) is 9.59 Å². The number of amides is 1. The quantitative estimate of drug-likeness (QED) is 0.364. The van der Waals surface area contributed by atoms with Crippen LogP contribution in [0.4, 0.5) is 0 Å². The van der Waals surface area contributed by atoms with Crippen molar-refractivity contribution >= 4 is 11.9 Å². The number of rotatable bonds is 14. The first-order valence-electron chi connectivity index (χ1n) is 8.83. The Kier molecular flexibility index (Phi) is 19.8. The minimum absolute atomic E-state index is 0.157. The molecule has 1 atom stereocenters. The summed E-state index contributed by atoms with van der Waals surface area (Å²) in [6.45, 7) is 1.75. The predicted molar refractivity (Wildman–Crippen MR) is 93.0 cm³/mol. The molecule has 0 aromatic rings. The molecule has 23 heavy (non-hydrogen) atoms. The third kappa shape index (κ3) is 23.3. The van der Waals surface area contributed by atoms with E-state index in [2.05, 4.69) is 6.92 Å². The van der Waals surface area contributed by atoms with E-state index in [1.165, 1.54) is 64.2 Å². The van der Waals surface area contributed by atoms with Crippen molar-refractivity contribution in [3.8, 4) is 0 Å². The maximum Gasteiger partial charge on any atom is 0.322 e. The Morgan fingerprint density at radius 2 is 1.26 bits per heavy atom. The summed E-state index contributed by atoms with van der Waals surface area (Å²) < 4.78 is 0. The summed E-state index contributed by atoms with van der Waals surface area (Å²) in [7, 11) is 0. The largest absolute Gasteiger partial charge is 0.480 e. The molecule has 0 saturated heterocycles. The van der Waals surface area contributed by atoms with Crippen molar-refractivity contribution < 1.29 is 19.8 Å². The molecule has 0 heterocycles. The molecule has 0 fully saturated rings. The molecule has 6 N–H and O–H groups in total. The molecular formula is C17H36N2O4. The summed E-state index contributed by atoms with van der Waals surface area (Å²) in [5.41, 5.74) is 9.84. The van der Waals surface area contributed by atoms with Crippen LogP contribution in [-0.4, -0.2) is 34.7 Å². The topological polar surface area (TPSA) is 127 Å². The molecule has 0 aliphatic rings. The third-order valence-corrected chi connectivity index (χ3v) is 3.54. The number of aliphatic hydroxyl groups is 1. The molecule has 0 bridgehead atoms. The highest BCUT2D eigenvalue weighted by molar-refractivity contribution is 5.73. The summed E-state index contributed by atoms with van der Waals surface area (Å²) in [6.07, 6.45) is 15.0. The van der Waals surface area contributed by atoms with E-state index in [4.69, 9.17) is 21.7 Å². The van der Waals surface area contributed by atoms with E-state index in [0.29, 0.717) is 6.42 Å². The number of carboxylic acids is 1. The Hall–Kier alpha value is -1.14. The van der Waals surface area contributed by atoms with Gasteiger partial charge in [-0.3, -0.25) is 9.59 Å². The second-order valence-electron chi connectivity index (χ2n) is 5.88. The lowest BCUT2D eigenvalue weighted by Gasteiger charge is -2.01. The molecule has 6 heteroatoms. The first-order chi connectivity index (χ1) is 11.0. The normalized spacial score (nSPS) is 11.4. The molecule has 0 aliphatic carbocycles. The summed E-state index contributed by atoms with van der Waals surface area (Å²) >= 11 is 0. The van der Waals surface area contributed by atoms with E-state index in [-0.39, 0.29) is 5.91 Å². The number of carbonyl (C=O) groups excluding carboxylic acids is 1. The monoisotopic (exact) mass is 332 g/mol. The molecule has 0 saturated carbocycles. The maximum absolute atomic E-state index is 10.5. The van der Waals surface area contributed by atoms with Gasteiger partial charge in [0.25, 0.3) is 0 Å². The van der Waals surface area contributed by atoms with Crippen LogP contribution in [0.15, 0.2) is 0 Å². The van der Waals surface area contributed by atoms with Crippen molar-refractivity contribution in [2.45, 2.75) is 90.0 Å². The van der Waals surface area contributed by atoms with E-state index in [0.717, 1.165) is 6.42 Å². The second kappa shape index (κ2) is 18.9. The SMILES string of the molecule is CCCCCCCCCCCCCC(N)=O.N[C@@H](CO)C(=O)O. The second-order valence-corrected chi connectivity index (χ2v) is 5.88. The number of primary amides is 1. The zero-order valence-electron chi connectivity index (χ0n) is 14.6. The lowest BCUT2D eigenvalue weighted by atomic mass is 10.1. The highest BCUT2D eigenvalue weighted by Crippen LogP contribution is 2.11. The van der Waals surface area contributed by atoms with Gasteiger partial charge in [0, 0.05) is 6.42 Å². The maximum atomic E-state index is 10.5. The molecule has 6 nitrogen and oxygen atoms in total. The molecule has 0 aliphatic heterocycles. The van der Waals surface area contributed by atoms with Gasteiger partial charge in [-0.25, -0.2) is 0 Å². The van der Waals surface area contributed by atoms with Gasteiger partial charge in [-0.1, -0.05) is 71.1 Å². The van der Waals surface area contributed by atoms with Gasteiger partial charge in [0.05, 0.1) is 6.61 Å². The Morgan fingerprint density at radius 1 is 0.870 bits per heavy atom. The average molecular weight is 332 g/mol. The average Bonchev–Trinajstić information content (AvgIpc) is 2.52. The zero-order valence-corrected chi connectivity index (χ0v) is 14.6. The molecule has 0 unspecified atom stereocenters. The Balaban J connectivity index is 0. The van der Waals surface area contributed by atoms with E-state index >= 15 is 0 Å². The molecule has 0 rings (SSSR count).